The molecule has 2 aromatic carbocycles. The topological polar surface area (TPSA) is 27.7 Å². The molecule has 3 atom stereocenters. The lowest BCUT2D eigenvalue weighted by Gasteiger charge is -2.36. The summed E-state index contributed by atoms with van der Waals surface area (Å²) in [5.74, 6) is 0.685. The maximum absolute atomic E-state index is 5.86. The number of rotatable bonds is 3. The smallest absolute Gasteiger partial charge is 0.335 e. The van der Waals surface area contributed by atoms with Gasteiger partial charge < -0.3 is 16.8 Å². The van der Waals surface area contributed by atoms with Crippen LogP contribution in [0.5, 0.6) is 5.75 Å². The Morgan fingerprint density at radius 3 is 2.05 bits per heavy atom. The molecule has 1 aliphatic heterocycles. The fourth-order valence-corrected chi connectivity index (χ4v) is 5.24. The van der Waals surface area contributed by atoms with Crippen LogP contribution in [0.1, 0.15) is 20.3 Å². The van der Waals surface area contributed by atoms with Crippen LogP contribution in [0.2, 0.25) is 0 Å². The van der Waals surface area contributed by atoms with Crippen molar-refractivity contribution in [2.45, 2.75) is 32.5 Å². The molecule has 0 N–H and O–H groups in total. The van der Waals surface area contributed by atoms with Crippen molar-refractivity contribution in [1.29, 1.82) is 0 Å². The summed E-state index contributed by atoms with van der Waals surface area (Å²) in [6.45, 7) is 4.00. The minimum atomic E-state index is -2.70. The fourth-order valence-electron chi connectivity index (χ4n) is 2.53. The van der Waals surface area contributed by atoms with Gasteiger partial charge in [0, 0.05) is 6.42 Å². The molecule has 1 unspecified atom stereocenters. The first-order chi connectivity index (χ1) is 10.5. The molecule has 1 saturated heterocycles. The van der Waals surface area contributed by atoms with Crippen molar-refractivity contribution in [3.63, 3.8) is 0 Å². The van der Waals surface area contributed by atoms with Crippen molar-refractivity contribution in [2.24, 2.45) is 0 Å². The Labute approximate surface area is 137 Å². The highest BCUT2D eigenvalue weighted by molar-refractivity contribution is 8.36. The van der Waals surface area contributed by atoms with Gasteiger partial charge in [-0.1, -0.05) is 42.5 Å². The molecule has 0 radical (unpaired) electrons. The SMILES string of the molecule is C[C@@H]1C[C@H](C)O[P+]([S-])(Oc2ccc(-c3ccccc3)cc2)O1. The minimum Gasteiger partial charge on any atom is -0.449 e. The van der Waals surface area contributed by atoms with Crippen LogP contribution in [0.4, 0.5) is 0 Å². The summed E-state index contributed by atoms with van der Waals surface area (Å²) in [4.78, 5) is 0. The van der Waals surface area contributed by atoms with Crippen LogP contribution in [-0.2, 0) is 21.3 Å². The lowest BCUT2D eigenvalue weighted by atomic mass is 10.1. The Morgan fingerprint density at radius 1 is 0.909 bits per heavy atom. The summed E-state index contributed by atoms with van der Waals surface area (Å²) in [5.41, 5.74) is 2.31. The quantitative estimate of drug-likeness (QED) is 0.572. The summed E-state index contributed by atoms with van der Waals surface area (Å²) in [5, 5.41) is 0. The third-order valence-electron chi connectivity index (χ3n) is 3.46. The van der Waals surface area contributed by atoms with Crippen molar-refractivity contribution >= 4 is 19.4 Å². The van der Waals surface area contributed by atoms with Crippen LogP contribution in [0, 0.1) is 0 Å². The number of benzene rings is 2. The van der Waals surface area contributed by atoms with E-state index in [1.54, 1.807) is 0 Å². The molecular formula is C17H19O3PS. The molecule has 1 fully saturated rings. The standard InChI is InChI=1S/C17H19O3PS/c1-13-12-14(2)19-21(22,18-13)20-17-10-8-16(9-11-17)15-6-4-3-5-7-15/h3-11,13-14H,12H2,1-2H3/t13-,14+,21?. The van der Waals surface area contributed by atoms with E-state index in [0.717, 1.165) is 12.0 Å². The first kappa shape index (κ1) is 15.8. The Balaban J connectivity index is 1.73. The van der Waals surface area contributed by atoms with E-state index < -0.39 is 7.15 Å². The van der Waals surface area contributed by atoms with Crippen LogP contribution in [0.25, 0.3) is 11.1 Å². The molecule has 3 nitrogen and oxygen atoms in total. The van der Waals surface area contributed by atoms with E-state index in [-0.39, 0.29) is 12.2 Å². The van der Waals surface area contributed by atoms with E-state index in [1.165, 1.54) is 5.56 Å². The van der Waals surface area contributed by atoms with E-state index in [1.807, 2.05) is 56.3 Å². The van der Waals surface area contributed by atoms with Gasteiger partial charge in [-0.3, -0.25) is 0 Å². The highest BCUT2D eigenvalue weighted by Crippen LogP contribution is 2.63. The van der Waals surface area contributed by atoms with Crippen LogP contribution in [0.15, 0.2) is 54.6 Å². The maximum Gasteiger partial charge on any atom is 0.335 e. The van der Waals surface area contributed by atoms with Gasteiger partial charge in [-0.15, -0.1) is 0 Å². The Morgan fingerprint density at radius 2 is 1.45 bits per heavy atom. The predicted molar refractivity (Wildman–Crippen MR) is 92.5 cm³/mol. The van der Waals surface area contributed by atoms with Crippen molar-refractivity contribution in [1.82, 2.24) is 0 Å². The Kier molecular flexibility index (Phi) is 4.74. The summed E-state index contributed by atoms with van der Waals surface area (Å²) >= 11 is 5.46. The minimum absolute atomic E-state index is 0.0678. The van der Waals surface area contributed by atoms with E-state index in [9.17, 15) is 0 Å². The second-order valence-corrected chi connectivity index (χ2v) is 8.34. The van der Waals surface area contributed by atoms with Crippen LogP contribution >= 0.6 is 7.15 Å². The second-order valence-electron chi connectivity index (χ2n) is 5.50. The van der Waals surface area contributed by atoms with Gasteiger partial charge in [0.05, 0.1) is 0 Å². The van der Waals surface area contributed by atoms with E-state index in [2.05, 4.69) is 12.1 Å². The van der Waals surface area contributed by atoms with Crippen molar-refractivity contribution in [3.8, 4) is 16.9 Å². The molecule has 1 aliphatic rings. The molecule has 5 heteroatoms. The van der Waals surface area contributed by atoms with Gasteiger partial charge >= 0.3 is 7.15 Å². The van der Waals surface area contributed by atoms with Gasteiger partial charge in [0.2, 0.25) is 0 Å². The van der Waals surface area contributed by atoms with Crippen LogP contribution < -0.4 is 4.52 Å². The van der Waals surface area contributed by atoms with Gasteiger partial charge in [0.15, 0.2) is 5.75 Å². The molecule has 0 spiro atoms. The molecule has 0 aliphatic carbocycles. The first-order valence-electron chi connectivity index (χ1n) is 7.36. The monoisotopic (exact) mass is 334 g/mol. The summed E-state index contributed by atoms with van der Waals surface area (Å²) in [7, 11) is -2.70. The normalized spacial score (nSPS) is 28.3. The third-order valence-corrected chi connectivity index (χ3v) is 5.87. The number of hydrogen-bond donors (Lipinski definition) is 0. The van der Waals surface area contributed by atoms with E-state index in [4.69, 9.17) is 25.8 Å². The summed E-state index contributed by atoms with van der Waals surface area (Å²) < 4.78 is 17.3. The predicted octanol–water partition coefficient (Wildman–Crippen LogP) is 5.17. The number of hydrogen-bond acceptors (Lipinski definition) is 4. The van der Waals surface area contributed by atoms with Gasteiger partial charge in [0.25, 0.3) is 0 Å². The summed E-state index contributed by atoms with van der Waals surface area (Å²) in [6, 6.07) is 18.1. The molecule has 3 rings (SSSR count). The summed E-state index contributed by atoms with van der Waals surface area (Å²) in [6.07, 6.45) is 0.977. The zero-order valence-corrected chi connectivity index (χ0v) is 14.3. The zero-order valence-electron chi connectivity index (χ0n) is 12.6. The van der Waals surface area contributed by atoms with Gasteiger partial charge in [-0.25, -0.2) is 0 Å². The van der Waals surface area contributed by atoms with Gasteiger partial charge in [0.1, 0.15) is 12.2 Å². The van der Waals surface area contributed by atoms with E-state index in [0.29, 0.717) is 5.75 Å². The molecule has 2 aromatic rings. The molecule has 0 saturated carbocycles. The van der Waals surface area contributed by atoms with Crippen molar-refractivity contribution in [2.75, 3.05) is 0 Å². The van der Waals surface area contributed by atoms with Gasteiger partial charge in [-0.05, 0) is 37.1 Å². The first-order valence-corrected chi connectivity index (χ1v) is 9.92. The highest BCUT2D eigenvalue weighted by Gasteiger charge is 2.41. The third kappa shape index (κ3) is 3.82. The molecule has 116 valence electrons. The molecular weight excluding hydrogens is 315 g/mol. The van der Waals surface area contributed by atoms with Crippen molar-refractivity contribution in [3.05, 3.63) is 54.6 Å². The molecule has 1 heterocycles. The Hall–Kier alpha value is -1.06. The zero-order chi connectivity index (χ0) is 15.6. The molecule has 0 bridgehead atoms. The van der Waals surface area contributed by atoms with E-state index >= 15 is 0 Å². The lowest BCUT2D eigenvalue weighted by Crippen LogP contribution is -2.28. The molecule has 0 aromatic heterocycles. The second kappa shape index (κ2) is 6.59. The average Bonchev–Trinajstić information content (AvgIpc) is 2.47. The molecule has 22 heavy (non-hydrogen) atoms. The molecule has 0 amide bonds. The largest absolute Gasteiger partial charge is 0.449 e. The van der Waals surface area contributed by atoms with Crippen LogP contribution in [0.3, 0.4) is 0 Å². The van der Waals surface area contributed by atoms with Crippen molar-refractivity contribution < 1.29 is 13.6 Å². The van der Waals surface area contributed by atoms with Gasteiger partial charge in [-0.2, -0.15) is 9.05 Å². The van der Waals surface area contributed by atoms with Crippen LogP contribution in [-0.4, -0.2) is 12.2 Å². The lowest BCUT2D eigenvalue weighted by molar-refractivity contribution is 0.0452. The maximum atomic E-state index is 5.86. The highest BCUT2D eigenvalue weighted by atomic mass is 32.7. The average molecular weight is 334 g/mol. The fraction of sp³-hybridized carbons (Fsp3) is 0.294. The Bertz CT molecular complexity index is 608.